The molecule has 1 N–H and O–H groups in total. The van der Waals surface area contributed by atoms with Gasteiger partial charge in [-0.2, -0.15) is 0 Å². The second-order valence-corrected chi connectivity index (χ2v) is 6.11. The van der Waals surface area contributed by atoms with E-state index >= 15 is 0 Å². The normalized spacial score (nSPS) is 11.1. The van der Waals surface area contributed by atoms with Crippen LogP contribution in [0.4, 0.5) is 0 Å². The van der Waals surface area contributed by atoms with Gasteiger partial charge in [0.1, 0.15) is 0 Å². The molecule has 3 rings (SSSR count). The van der Waals surface area contributed by atoms with E-state index in [1.807, 2.05) is 18.3 Å². The van der Waals surface area contributed by atoms with Crippen LogP contribution in [0.15, 0.2) is 41.8 Å². The van der Waals surface area contributed by atoms with Crippen molar-refractivity contribution in [2.45, 2.75) is 26.9 Å². The van der Waals surface area contributed by atoms with Crippen molar-refractivity contribution in [2.24, 2.45) is 0 Å². The summed E-state index contributed by atoms with van der Waals surface area (Å²) in [5.74, 6) is 0. The first-order valence-corrected chi connectivity index (χ1v) is 7.70. The van der Waals surface area contributed by atoms with E-state index in [-0.39, 0.29) is 0 Å². The summed E-state index contributed by atoms with van der Waals surface area (Å²) in [6, 6.07) is 12.9. The second-order valence-electron chi connectivity index (χ2n) is 5.11. The van der Waals surface area contributed by atoms with Gasteiger partial charge in [0.2, 0.25) is 0 Å². The fraction of sp³-hybridized carbons (Fsp3) is 0.235. The monoisotopic (exact) mass is 282 g/mol. The van der Waals surface area contributed by atoms with Crippen LogP contribution in [0.3, 0.4) is 0 Å². The number of fused-ring (bicyclic) bond motifs is 1. The van der Waals surface area contributed by atoms with Crippen LogP contribution in [0.2, 0.25) is 0 Å². The number of hydrogen-bond donors (Lipinski definition) is 1. The number of pyridine rings is 1. The molecule has 3 heteroatoms. The molecule has 1 aromatic carbocycles. The number of aromatic nitrogens is 1. The van der Waals surface area contributed by atoms with E-state index in [2.05, 4.69) is 59.0 Å². The Bertz CT molecular complexity index is 731. The van der Waals surface area contributed by atoms with Crippen molar-refractivity contribution in [3.05, 3.63) is 63.5 Å². The number of rotatable bonds is 4. The quantitative estimate of drug-likeness (QED) is 0.775. The Kier molecular flexibility index (Phi) is 3.81. The third kappa shape index (κ3) is 2.89. The lowest BCUT2D eigenvalue weighted by Gasteiger charge is -2.06. The van der Waals surface area contributed by atoms with E-state index in [4.69, 9.17) is 0 Å². The van der Waals surface area contributed by atoms with Gasteiger partial charge < -0.3 is 5.32 Å². The minimum atomic E-state index is 0.890. The van der Waals surface area contributed by atoms with Crippen LogP contribution in [0.1, 0.15) is 21.7 Å². The average Bonchev–Trinajstić information content (AvgIpc) is 2.85. The molecule has 0 spiro atoms. The van der Waals surface area contributed by atoms with E-state index in [1.54, 1.807) is 0 Å². The molecule has 0 aliphatic carbocycles. The van der Waals surface area contributed by atoms with Crippen LogP contribution >= 0.6 is 11.3 Å². The Morgan fingerprint density at radius 3 is 2.75 bits per heavy atom. The van der Waals surface area contributed by atoms with E-state index in [9.17, 15) is 0 Å². The Balaban J connectivity index is 1.68. The first kappa shape index (κ1) is 13.3. The average molecular weight is 282 g/mol. The predicted molar refractivity (Wildman–Crippen MR) is 86.1 cm³/mol. The molecule has 2 nitrogen and oxygen atoms in total. The minimum Gasteiger partial charge on any atom is -0.308 e. The number of thiophene rings is 1. The first-order chi connectivity index (χ1) is 9.72. The van der Waals surface area contributed by atoms with Crippen molar-refractivity contribution >= 4 is 22.2 Å². The van der Waals surface area contributed by atoms with Gasteiger partial charge in [-0.25, -0.2) is 0 Å². The van der Waals surface area contributed by atoms with E-state index < -0.39 is 0 Å². The zero-order chi connectivity index (χ0) is 13.9. The van der Waals surface area contributed by atoms with Crippen molar-refractivity contribution in [3.8, 4) is 0 Å². The maximum atomic E-state index is 4.53. The molecule has 102 valence electrons. The highest BCUT2D eigenvalue weighted by Crippen LogP contribution is 2.17. The Hall–Kier alpha value is -1.71. The molecule has 0 radical (unpaired) electrons. The zero-order valence-corrected chi connectivity index (χ0v) is 12.6. The Labute approximate surface area is 123 Å². The molecule has 2 heterocycles. The molecular formula is C17H18N2S. The summed E-state index contributed by atoms with van der Waals surface area (Å²) < 4.78 is 0. The molecule has 3 aromatic rings. The number of hydrogen-bond acceptors (Lipinski definition) is 3. The van der Waals surface area contributed by atoms with Crippen LogP contribution < -0.4 is 5.32 Å². The molecule has 0 aliphatic heterocycles. The van der Waals surface area contributed by atoms with Gasteiger partial charge in [-0.15, -0.1) is 11.3 Å². The highest BCUT2D eigenvalue weighted by atomic mass is 32.1. The van der Waals surface area contributed by atoms with Gasteiger partial charge in [0.05, 0.1) is 5.52 Å². The number of benzene rings is 1. The molecule has 0 unspecified atom stereocenters. The molecule has 20 heavy (non-hydrogen) atoms. The number of aryl methyl sites for hydroxylation is 2. The fourth-order valence-electron chi connectivity index (χ4n) is 2.29. The summed E-state index contributed by atoms with van der Waals surface area (Å²) in [4.78, 5) is 5.95. The molecular weight excluding hydrogens is 264 g/mol. The lowest BCUT2D eigenvalue weighted by atomic mass is 10.1. The van der Waals surface area contributed by atoms with Crippen molar-refractivity contribution < 1.29 is 0 Å². The molecule has 2 aromatic heterocycles. The van der Waals surface area contributed by atoms with Crippen molar-refractivity contribution in [1.29, 1.82) is 0 Å². The molecule has 0 atom stereocenters. The lowest BCUT2D eigenvalue weighted by molar-refractivity contribution is 0.699. The molecule has 0 saturated carbocycles. The van der Waals surface area contributed by atoms with Gasteiger partial charge in [0.25, 0.3) is 0 Å². The standard InChI is InChI=1S/C17H18N2S/c1-12-7-8-20-17(12)11-18-10-14-4-6-16-15(9-14)5-3-13(2)19-16/h3-9,18H,10-11H2,1-2H3. The SMILES string of the molecule is Cc1ccc2cc(CNCc3sccc3C)ccc2n1. The third-order valence-corrected chi connectivity index (χ3v) is 4.50. The Morgan fingerprint density at radius 2 is 1.95 bits per heavy atom. The molecule has 0 amide bonds. The second kappa shape index (κ2) is 5.73. The smallest absolute Gasteiger partial charge is 0.0705 e. The maximum Gasteiger partial charge on any atom is 0.0705 e. The summed E-state index contributed by atoms with van der Waals surface area (Å²) in [6.45, 7) is 6.02. The van der Waals surface area contributed by atoms with Gasteiger partial charge in [-0.1, -0.05) is 12.1 Å². The largest absolute Gasteiger partial charge is 0.308 e. The van der Waals surface area contributed by atoms with Crippen LogP contribution in [0.5, 0.6) is 0 Å². The van der Waals surface area contributed by atoms with Crippen molar-refractivity contribution in [3.63, 3.8) is 0 Å². The van der Waals surface area contributed by atoms with Crippen molar-refractivity contribution in [2.75, 3.05) is 0 Å². The van der Waals surface area contributed by atoms with Gasteiger partial charge in [0.15, 0.2) is 0 Å². The highest BCUT2D eigenvalue weighted by molar-refractivity contribution is 7.10. The number of nitrogens with zero attached hydrogens (tertiary/aromatic N) is 1. The maximum absolute atomic E-state index is 4.53. The molecule has 0 saturated heterocycles. The topological polar surface area (TPSA) is 24.9 Å². The van der Waals surface area contributed by atoms with Gasteiger partial charge in [-0.3, -0.25) is 4.98 Å². The third-order valence-electron chi connectivity index (χ3n) is 3.48. The van der Waals surface area contributed by atoms with E-state index in [1.165, 1.54) is 21.4 Å². The summed E-state index contributed by atoms with van der Waals surface area (Å²) >= 11 is 1.82. The first-order valence-electron chi connectivity index (χ1n) is 6.82. The van der Waals surface area contributed by atoms with Crippen molar-refractivity contribution in [1.82, 2.24) is 10.3 Å². The molecule has 0 fully saturated rings. The van der Waals surface area contributed by atoms with Crippen LogP contribution in [0, 0.1) is 13.8 Å². The Morgan fingerprint density at radius 1 is 1.05 bits per heavy atom. The summed E-state index contributed by atoms with van der Waals surface area (Å²) in [7, 11) is 0. The van der Waals surface area contributed by atoms with Gasteiger partial charge >= 0.3 is 0 Å². The highest BCUT2D eigenvalue weighted by Gasteiger charge is 2.01. The van der Waals surface area contributed by atoms with E-state index in [0.717, 1.165) is 24.3 Å². The van der Waals surface area contributed by atoms with Gasteiger partial charge in [0, 0.05) is 29.0 Å². The van der Waals surface area contributed by atoms with Crippen LogP contribution in [-0.4, -0.2) is 4.98 Å². The summed E-state index contributed by atoms with van der Waals surface area (Å²) in [5, 5.41) is 6.87. The molecule has 0 aliphatic rings. The van der Waals surface area contributed by atoms with E-state index in [0.29, 0.717) is 0 Å². The lowest BCUT2D eigenvalue weighted by Crippen LogP contribution is -2.12. The minimum absolute atomic E-state index is 0.890. The number of nitrogens with one attached hydrogen (secondary N) is 1. The van der Waals surface area contributed by atoms with Crippen LogP contribution in [-0.2, 0) is 13.1 Å². The predicted octanol–water partition coefficient (Wildman–Crippen LogP) is 4.20. The summed E-state index contributed by atoms with van der Waals surface area (Å²) in [5.41, 5.74) is 4.82. The fourth-order valence-corrected chi connectivity index (χ4v) is 3.17. The van der Waals surface area contributed by atoms with Gasteiger partial charge in [-0.05, 0) is 54.6 Å². The molecule has 0 bridgehead atoms. The van der Waals surface area contributed by atoms with Crippen LogP contribution in [0.25, 0.3) is 10.9 Å². The summed E-state index contributed by atoms with van der Waals surface area (Å²) in [6.07, 6.45) is 0. The zero-order valence-electron chi connectivity index (χ0n) is 11.8.